The summed E-state index contributed by atoms with van der Waals surface area (Å²) in [6.07, 6.45) is 6.95. The maximum atomic E-state index is 14.7. The van der Waals surface area contributed by atoms with E-state index in [0.29, 0.717) is 31.5 Å². The Morgan fingerprint density at radius 1 is 1.14 bits per heavy atom. The van der Waals surface area contributed by atoms with Gasteiger partial charge in [-0.05, 0) is 49.4 Å². The first-order chi connectivity index (χ1) is 17.4. The number of carbonyl (C=O) groups is 1. The maximum Gasteiger partial charge on any atom is 0.338 e. The number of esters is 1. The van der Waals surface area contributed by atoms with Crippen LogP contribution in [0.3, 0.4) is 0 Å². The highest BCUT2D eigenvalue weighted by Gasteiger charge is 2.37. The number of halogens is 2. The number of piperidine rings is 1. The molecule has 1 aromatic heterocycles. The molecule has 0 saturated carbocycles. The van der Waals surface area contributed by atoms with Gasteiger partial charge in [0.25, 0.3) is 0 Å². The number of hydrogen-bond acceptors (Lipinski definition) is 6. The summed E-state index contributed by atoms with van der Waals surface area (Å²) in [4.78, 5) is 18.5. The predicted molar refractivity (Wildman–Crippen MR) is 130 cm³/mol. The van der Waals surface area contributed by atoms with Crippen molar-refractivity contribution in [2.75, 3.05) is 19.6 Å². The van der Waals surface area contributed by atoms with Crippen LogP contribution in [-0.2, 0) is 23.3 Å². The van der Waals surface area contributed by atoms with Crippen LogP contribution in [-0.4, -0.2) is 56.5 Å². The molecule has 0 aliphatic carbocycles. The Balaban J connectivity index is 1.36. The first kappa shape index (κ1) is 25.9. The monoisotopic (exact) mass is 498 g/mol. The Morgan fingerprint density at radius 2 is 1.89 bits per heavy atom. The van der Waals surface area contributed by atoms with E-state index >= 15 is 0 Å². The van der Waals surface area contributed by atoms with Gasteiger partial charge in [-0.3, -0.25) is 4.90 Å². The molecular weight excluding hydrogens is 466 g/mol. The summed E-state index contributed by atoms with van der Waals surface area (Å²) in [6, 6.07) is 10.7. The van der Waals surface area contributed by atoms with E-state index in [-0.39, 0.29) is 30.7 Å². The molecule has 4 rings (SSSR count). The lowest BCUT2D eigenvalue weighted by atomic mass is 9.91. The van der Waals surface area contributed by atoms with Gasteiger partial charge in [0, 0.05) is 31.3 Å². The van der Waals surface area contributed by atoms with Gasteiger partial charge in [-0.25, -0.2) is 23.2 Å². The van der Waals surface area contributed by atoms with Crippen LogP contribution in [0.2, 0.25) is 0 Å². The first-order valence-corrected chi connectivity index (χ1v) is 12.4. The molecule has 1 aliphatic rings. The predicted octanol–water partition coefficient (Wildman–Crippen LogP) is 4.11. The van der Waals surface area contributed by atoms with Crippen molar-refractivity contribution in [3.63, 3.8) is 0 Å². The van der Waals surface area contributed by atoms with Gasteiger partial charge in [-0.1, -0.05) is 31.5 Å². The Hall–Kier alpha value is -3.17. The van der Waals surface area contributed by atoms with Crippen LogP contribution >= 0.6 is 0 Å². The lowest BCUT2D eigenvalue weighted by Gasteiger charge is -2.38. The van der Waals surface area contributed by atoms with Crippen molar-refractivity contribution in [1.82, 2.24) is 19.7 Å². The van der Waals surface area contributed by atoms with Crippen LogP contribution in [0, 0.1) is 11.6 Å². The largest absolute Gasteiger partial charge is 0.459 e. The molecule has 9 heteroatoms. The van der Waals surface area contributed by atoms with Crippen LogP contribution in [0.15, 0.2) is 55.1 Å². The van der Waals surface area contributed by atoms with Gasteiger partial charge in [-0.2, -0.15) is 5.10 Å². The summed E-state index contributed by atoms with van der Waals surface area (Å²) >= 11 is 0. The molecule has 36 heavy (non-hydrogen) atoms. The molecule has 1 saturated heterocycles. The molecule has 1 aliphatic heterocycles. The topological polar surface area (TPSA) is 80.5 Å². The molecule has 3 aromatic rings. The van der Waals surface area contributed by atoms with Crippen LogP contribution in [0.5, 0.6) is 0 Å². The fraction of sp³-hybridized carbons (Fsp3) is 0.444. The minimum Gasteiger partial charge on any atom is -0.459 e. The minimum atomic E-state index is -1.66. The number of aryl methyl sites for hydroxylation is 1. The Kier molecular flexibility index (Phi) is 8.43. The van der Waals surface area contributed by atoms with Crippen molar-refractivity contribution >= 4 is 5.97 Å². The summed E-state index contributed by atoms with van der Waals surface area (Å²) in [7, 11) is 0. The van der Waals surface area contributed by atoms with Gasteiger partial charge in [0.2, 0.25) is 0 Å². The van der Waals surface area contributed by atoms with E-state index in [9.17, 15) is 18.7 Å². The third-order valence-corrected chi connectivity index (χ3v) is 6.62. The third-order valence-electron chi connectivity index (χ3n) is 6.62. The van der Waals surface area contributed by atoms with Crippen molar-refractivity contribution < 1.29 is 23.4 Å². The number of likely N-dealkylation sites (tertiary alicyclic amines) is 1. The highest BCUT2D eigenvalue weighted by Crippen LogP contribution is 2.29. The fourth-order valence-electron chi connectivity index (χ4n) is 4.63. The number of ether oxygens (including phenoxy) is 1. The number of rotatable bonds is 10. The van der Waals surface area contributed by atoms with Crippen molar-refractivity contribution in [1.29, 1.82) is 0 Å². The lowest BCUT2D eigenvalue weighted by molar-refractivity contribution is -0.0396. The number of hydrogen-bond donors (Lipinski definition) is 1. The summed E-state index contributed by atoms with van der Waals surface area (Å²) in [5.41, 5.74) is 0.0776. The van der Waals surface area contributed by atoms with Gasteiger partial charge in [0.05, 0.1) is 12.1 Å². The van der Waals surface area contributed by atoms with Crippen LogP contribution in [0.25, 0.3) is 0 Å². The molecule has 1 N–H and O–H groups in total. The zero-order valence-electron chi connectivity index (χ0n) is 20.4. The Labute approximate surface area is 209 Å². The second kappa shape index (κ2) is 11.7. The average Bonchev–Trinajstić information content (AvgIpc) is 3.36. The third kappa shape index (κ3) is 6.53. The normalized spacial score (nSPS) is 16.6. The second-order valence-electron chi connectivity index (χ2n) is 9.43. The number of carbonyl (C=O) groups excluding carboxylic acids is 1. The Bertz CT molecular complexity index is 1130. The van der Waals surface area contributed by atoms with Gasteiger partial charge in [0.1, 0.15) is 36.0 Å². The molecule has 192 valence electrons. The quantitative estimate of drug-likeness (QED) is 0.424. The van der Waals surface area contributed by atoms with Crippen LogP contribution in [0.1, 0.15) is 54.1 Å². The van der Waals surface area contributed by atoms with Gasteiger partial charge in [0.15, 0.2) is 0 Å². The SMILES string of the molecule is CCCCc1ccc(C(=O)OC2CCN(CC(O)(Cn3cncn3)c3ccc(F)cc3F)CC2)cc1. The molecule has 1 atom stereocenters. The molecule has 2 aromatic carbocycles. The number of benzene rings is 2. The summed E-state index contributed by atoms with van der Waals surface area (Å²) < 4.78 is 35.3. The van der Waals surface area contributed by atoms with Crippen molar-refractivity contribution in [3.8, 4) is 0 Å². The highest BCUT2D eigenvalue weighted by atomic mass is 19.1. The van der Waals surface area contributed by atoms with Crippen molar-refractivity contribution in [2.24, 2.45) is 0 Å². The number of nitrogens with zero attached hydrogens (tertiary/aromatic N) is 4. The van der Waals surface area contributed by atoms with E-state index in [0.717, 1.165) is 31.4 Å². The number of aromatic nitrogens is 3. The summed E-state index contributed by atoms with van der Waals surface area (Å²) in [6.45, 7) is 3.32. The molecule has 0 amide bonds. The molecule has 0 radical (unpaired) electrons. The molecule has 0 spiro atoms. The van der Waals surface area contributed by atoms with Gasteiger partial charge in [-0.15, -0.1) is 0 Å². The zero-order valence-corrected chi connectivity index (χ0v) is 20.4. The summed E-state index contributed by atoms with van der Waals surface area (Å²) in [5.74, 6) is -1.87. The van der Waals surface area contributed by atoms with E-state index in [1.165, 1.54) is 29.0 Å². The molecule has 1 fully saturated rings. The van der Waals surface area contributed by atoms with Gasteiger partial charge < -0.3 is 9.84 Å². The molecular formula is C27H32F2N4O3. The second-order valence-corrected chi connectivity index (χ2v) is 9.43. The highest BCUT2D eigenvalue weighted by molar-refractivity contribution is 5.89. The van der Waals surface area contributed by atoms with Crippen molar-refractivity contribution in [3.05, 3.63) is 83.4 Å². The molecule has 1 unspecified atom stereocenters. The first-order valence-electron chi connectivity index (χ1n) is 12.4. The average molecular weight is 499 g/mol. The van der Waals surface area contributed by atoms with E-state index in [1.807, 2.05) is 29.2 Å². The maximum absolute atomic E-state index is 14.7. The molecule has 0 bridgehead atoms. The van der Waals surface area contributed by atoms with E-state index in [2.05, 4.69) is 17.0 Å². The molecule has 2 heterocycles. The van der Waals surface area contributed by atoms with E-state index in [4.69, 9.17) is 4.74 Å². The minimum absolute atomic E-state index is 0.00432. The standard InChI is InChI=1S/C27H32F2N4O3/c1-2-3-4-20-5-7-21(8-6-20)26(34)36-23-11-13-32(14-12-23)16-27(35,17-33-19-30-18-31-33)24-10-9-22(28)15-25(24)29/h5-10,15,18-19,23,35H,2-4,11-14,16-17H2,1H3. The van der Waals surface area contributed by atoms with E-state index < -0.39 is 17.2 Å². The fourth-order valence-corrected chi connectivity index (χ4v) is 4.63. The van der Waals surface area contributed by atoms with E-state index in [1.54, 1.807) is 0 Å². The molecule has 7 nitrogen and oxygen atoms in total. The zero-order chi connectivity index (χ0) is 25.5. The smallest absolute Gasteiger partial charge is 0.338 e. The number of aliphatic hydroxyl groups is 1. The summed E-state index contributed by atoms with van der Waals surface area (Å²) in [5, 5.41) is 15.6. The Morgan fingerprint density at radius 3 is 2.53 bits per heavy atom. The van der Waals surface area contributed by atoms with Gasteiger partial charge >= 0.3 is 5.97 Å². The number of unbranched alkanes of at least 4 members (excludes halogenated alkanes) is 1. The van der Waals surface area contributed by atoms with Crippen molar-refractivity contribution in [2.45, 2.75) is 57.3 Å². The van der Waals surface area contributed by atoms with Crippen LogP contribution in [0.4, 0.5) is 8.78 Å². The lowest BCUT2D eigenvalue weighted by Crippen LogP contribution is -2.48. The van der Waals surface area contributed by atoms with Crippen LogP contribution < -0.4 is 0 Å². The number of β-amino-alcohol motifs (C(OH)–C–C–N with tert-alkyl or cyclic N) is 1.